The standard InChI is InChI=1S/C12H17NO2/c1-2-3-8-13-11(14)9-6-4-5-7-10(9)12(13)15/h4-5,9-10H,2-3,6-8H2,1H3/t9-,10-/m0/s1. The van der Waals surface area contributed by atoms with E-state index in [2.05, 4.69) is 6.92 Å². The molecule has 0 aromatic rings. The summed E-state index contributed by atoms with van der Waals surface area (Å²) in [7, 11) is 0. The van der Waals surface area contributed by atoms with Gasteiger partial charge in [0.05, 0.1) is 11.8 Å². The van der Waals surface area contributed by atoms with Gasteiger partial charge in [0.25, 0.3) is 0 Å². The van der Waals surface area contributed by atoms with E-state index in [1.165, 1.54) is 4.90 Å². The maximum absolute atomic E-state index is 11.9. The summed E-state index contributed by atoms with van der Waals surface area (Å²) in [4.78, 5) is 25.3. The van der Waals surface area contributed by atoms with Gasteiger partial charge >= 0.3 is 0 Å². The predicted octanol–water partition coefficient (Wildman–Crippen LogP) is 1.74. The summed E-state index contributed by atoms with van der Waals surface area (Å²) < 4.78 is 0. The zero-order valence-electron chi connectivity index (χ0n) is 9.11. The first kappa shape index (κ1) is 10.4. The number of hydrogen-bond donors (Lipinski definition) is 0. The van der Waals surface area contributed by atoms with Crippen molar-refractivity contribution in [2.75, 3.05) is 6.54 Å². The molecule has 2 atom stereocenters. The van der Waals surface area contributed by atoms with Gasteiger partial charge in [-0.3, -0.25) is 14.5 Å². The Morgan fingerprint density at radius 2 is 1.73 bits per heavy atom. The van der Waals surface area contributed by atoms with Gasteiger partial charge in [0.2, 0.25) is 11.8 Å². The molecule has 0 aromatic carbocycles. The molecule has 2 aliphatic rings. The van der Waals surface area contributed by atoms with Crippen LogP contribution in [0.5, 0.6) is 0 Å². The Labute approximate surface area is 90.1 Å². The van der Waals surface area contributed by atoms with Crippen molar-refractivity contribution < 1.29 is 9.59 Å². The van der Waals surface area contributed by atoms with Crippen LogP contribution in [0.2, 0.25) is 0 Å². The first-order valence-corrected chi connectivity index (χ1v) is 5.76. The lowest BCUT2D eigenvalue weighted by atomic mass is 9.85. The van der Waals surface area contributed by atoms with E-state index in [1.807, 2.05) is 12.2 Å². The van der Waals surface area contributed by atoms with E-state index in [0.717, 1.165) is 25.7 Å². The molecule has 0 spiro atoms. The summed E-state index contributed by atoms with van der Waals surface area (Å²) >= 11 is 0. The highest BCUT2D eigenvalue weighted by Gasteiger charge is 2.46. The first-order chi connectivity index (χ1) is 7.25. The van der Waals surface area contributed by atoms with E-state index in [-0.39, 0.29) is 23.7 Å². The molecule has 0 radical (unpaired) electrons. The number of nitrogens with zero attached hydrogens (tertiary/aromatic N) is 1. The fourth-order valence-electron chi connectivity index (χ4n) is 2.41. The molecule has 15 heavy (non-hydrogen) atoms. The Balaban J connectivity index is 2.10. The molecule has 2 amide bonds. The fourth-order valence-corrected chi connectivity index (χ4v) is 2.41. The third kappa shape index (κ3) is 1.71. The van der Waals surface area contributed by atoms with Gasteiger partial charge in [-0.05, 0) is 19.3 Å². The second-order valence-corrected chi connectivity index (χ2v) is 4.34. The number of allylic oxidation sites excluding steroid dienone is 2. The summed E-state index contributed by atoms with van der Waals surface area (Å²) in [6.45, 7) is 2.68. The molecule has 1 heterocycles. The third-order valence-corrected chi connectivity index (χ3v) is 3.33. The van der Waals surface area contributed by atoms with Gasteiger partial charge in [-0.15, -0.1) is 0 Å². The van der Waals surface area contributed by atoms with Gasteiger partial charge in [0, 0.05) is 6.54 Å². The Hall–Kier alpha value is -1.12. The second-order valence-electron chi connectivity index (χ2n) is 4.34. The van der Waals surface area contributed by atoms with Crippen LogP contribution in [-0.4, -0.2) is 23.3 Å². The highest BCUT2D eigenvalue weighted by molar-refractivity contribution is 6.05. The van der Waals surface area contributed by atoms with E-state index in [4.69, 9.17) is 0 Å². The minimum absolute atomic E-state index is 0.0562. The lowest BCUT2D eigenvalue weighted by Crippen LogP contribution is -2.31. The van der Waals surface area contributed by atoms with Crippen molar-refractivity contribution in [1.29, 1.82) is 0 Å². The number of imide groups is 1. The number of amides is 2. The Bertz CT molecular complexity index is 283. The van der Waals surface area contributed by atoms with E-state index in [1.54, 1.807) is 0 Å². The van der Waals surface area contributed by atoms with Crippen LogP contribution in [0.25, 0.3) is 0 Å². The van der Waals surface area contributed by atoms with Crippen LogP contribution in [0, 0.1) is 11.8 Å². The average molecular weight is 207 g/mol. The number of hydrogen-bond acceptors (Lipinski definition) is 2. The highest BCUT2D eigenvalue weighted by Crippen LogP contribution is 2.34. The molecule has 3 heteroatoms. The van der Waals surface area contributed by atoms with E-state index >= 15 is 0 Å². The number of fused-ring (bicyclic) bond motifs is 1. The largest absolute Gasteiger partial charge is 0.282 e. The maximum Gasteiger partial charge on any atom is 0.233 e. The monoisotopic (exact) mass is 207 g/mol. The van der Waals surface area contributed by atoms with Gasteiger partial charge in [-0.2, -0.15) is 0 Å². The van der Waals surface area contributed by atoms with Crippen molar-refractivity contribution in [2.24, 2.45) is 11.8 Å². The molecule has 1 aliphatic heterocycles. The van der Waals surface area contributed by atoms with Crippen LogP contribution in [0.15, 0.2) is 12.2 Å². The molecule has 0 bridgehead atoms. The van der Waals surface area contributed by atoms with Crippen molar-refractivity contribution >= 4 is 11.8 Å². The lowest BCUT2D eigenvalue weighted by molar-refractivity contribution is -0.139. The third-order valence-electron chi connectivity index (χ3n) is 3.33. The molecule has 0 saturated carbocycles. The Morgan fingerprint density at radius 3 is 2.20 bits per heavy atom. The van der Waals surface area contributed by atoms with Crippen LogP contribution < -0.4 is 0 Å². The molecule has 0 aromatic heterocycles. The SMILES string of the molecule is CCCCN1C(=O)[C@H]2CC=CC[C@@H]2C1=O. The van der Waals surface area contributed by atoms with Gasteiger partial charge < -0.3 is 0 Å². The molecule has 1 aliphatic carbocycles. The summed E-state index contributed by atoms with van der Waals surface area (Å²) in [6, 6.07) is 0. The highest BCUT2D eigenvalue weighted by atomic mass is 16.2. The van der Waals surface area contributed by atoms with Gasteiger partial charge in [0.1, 0.15) is 0 Å². The molecule has 1 saturated heterocycles. The summed E-state index contributed by atoms with van der Waals surface area (Å²) in [6.07, 6.45) is 7.48. The Kier molecular flexibility index (Phi) is 2.89. The quantitative estimate of drug-likeness (QED) is 0.522. The molecule has 3 nitrogen and oxygen atoms in total. The molecule has 0 unspecified atom stereocenters. The Morgan fingerprint density at radius 1 is 1.20 bits per heavy atom. The minimum Gasteiger partial charge on any atom is -0.282 e. The molecular formula is C12H17NO2. The van der Waals surface area contributed by atoms with Crippen LogP contribution in [-0.2, 0) is 9.59 Å². The number of unbranched alkanes of at least 4 members (excludes halogenated alkanes) is 1. The molecular weight excluding hydrogens is 190 g/mol. The summed E-state index contributed by atoms with van der Waals surface area (Å²) in [5.41, 5.74) is 0. The molecule has 1 fully saturated rings. The van der Waals surface area contributed by atoms with E-state index < -0.39 is 0 Å². The van der Waals surface area contributed by atoms with Gasteiger partial charge in [-0.25, -0.2) is 0 Å². The zero-order valence-corrected chi connectivity index (χ0v) is 9.11. The first-order valence-electron chi connectivity index (χ1n) is 5.76. The topological polar surface area (TPSA) is 37.4 Å². The van der Waals surface area contributed by atoms with Crippen molar-refractivity contribution in [3.63, 3.8) is 0 Å². The number of carbonyl (C=O) groups excluding carboxylic acids is 2. The van der Waals surface area contributed by atoms with Crippen molar-refractivity contribution in [3.05, 3.63) is 12.2 Å². The lowest BCUT2D eigenvalue weighted by Gasteiger charge is -2.14. The smallest absolute Gasteiger partial charge is 0.233 e. The van der Waals surface area contributed by atoms with Crippen LogP contribution in [0.1, 0.15) is 32.6 Å². The zero-order chi connectivity index (χ0) is 10.8. The molecule has 82 valence electrons. The number of carbonyl (C=O) groups is 2. The molecule has 2 rings (SSSR count). The minimum atomic E-state index is -0.0562. The maximum atomic E-state index is 11.9. The predicted molar refractivity (Wildman–Crippen MR) is 57.0 cm³/mol. The fraction of sp³-hybridized carbons (Fsp3) is 0.667. The van der Waals surface area contributed by atoms with Crippen molar-refractivity contribution in [3.8, 4) is 0 Å². The molecule has 0 N–H and O–H groups in total. The second kappa shape index (κ2) is 4.17. The van der Waals surface area contributed by atoms with Crippen LogP contribution in [0.4, 0.5) is 0 Å². The van der Waals surface area contributed by atoms with Crippen molar-refractivity contribution in [1.82, 2.24) is 4.90 Å². The van der Waals surface area contributed by atoms with Crippen molar-refractivity contribution in [2.45, 2.75) is 32.6 Å². The van der Waals surface area contributed by atoms with Crippen LogP contribution in [0.3, 0.4) is 0 Å². The number of rotatable bonds is 3. The summed E-state index contributed by atoms with van der Waals surface area (Å²) in [5, 5.41) is 0. The van der Waals surface area contributed by atoms with Gasteiger partial charge in [0.15, 0.2) is 0 Å². The van der Waals surface area contributed by atoms with Crippen LogP contribution >= 0.6 is 0 Å². The van der Waals surface area contributed by atoms with E-state index in [0.29, 0.717) is 6.54 Å². The van der Waals surface area contributed by atoms with Gasteiger partial charge in [-0.1, -0.05) is 25.5 Å². The average Bonchev–Trinajstić information content (AvgIpc) is 2.51. The number of likely N-dealkylation sites (tertiary alicyclic amines) is 1. The summed E-state index contributed by atoms with van der Waals surface area (Å²) in [5.74, 6) is 0.00399. The normalized spacial score (nSPS) is 29.8. The van der Waals surface area contributed by atoms with E-state index in [9.17, 15) is 9.59 Å².